The Hall–Kier alpha value is -8.87. The van der Waals surface area contributed by atoms with E-state index in [-0.39, 0.29) is 55.5 Å². The maximum Gasteiger partial charge on any atom is 0.510 e. The minimum absolute atomic E-state index is 0.0305. The highest BCUT2D eigenvalue weighted by Crippen LogP contribution is 2.45. The number of hydrogen-bond donors (Lipinski definition) is 5. The van der Waals surface area contributed by atoms with E-state index in [2.05, 4.69) is 21.3 Å². The third-order valence-corrected chi connectivity index (χ3v) is 13.1. The highest BCUT2D eigenvalue weighted by Gasteiger charge is 2.51. The highest BCUT2D eigenvalue weighted by molar-refractivity contribution is 6.01. The number of hydrogen-bond acceptors (Lipinski definition) is 13. The van der Waals surface area contributed by atoms with Gasteiger partial charge in [-0.25, -0.2) is 19.4 Å². The lowest BCUT2D eigenvalue weighted by Crippen LogP contribution is -2.55. The Bertz CT molecular complexity index is 3220. The van der Waals surface area contributed by atoms with Gasteiger partial charge in [0.25, 0.3) is 5.56 Å². The average molecular weight is 976 g/mol. The first-order chi connectivity index (χ1) is 34.6. The van der Waals surface area contributed by atoms with Gasteiger partial charge in [0.15, 0.2) is 0 Å². The van der Waals surface area contributed by atoms with Crippen molar-refractivity contribution in [1.29, 1.82) is 0 Å². The number of para-hydroxylation sites is 1. The Morgan fingerprint density at radius 1 is 0.806 bits per heavy atom. The van der Waals surface area contributed by atoms with Crippen LogP contribution in [0.15, 0.2) is 114 Å². The monoisotopic (exact) mass is 975 g/mol. The van der Waals surface area contributed by atoms with Crippen LogP contribution in [-0.2, 0) is 68.3 Å². The molecular formula is C53H49N7O12. The molecule has 368 valence electrons. The zero-order valence-corrected chi connectivity index (χ0v) is 39.3. The van der Waals surface area contributed by atoms with E-state index in [0.717, 1.165) is 38.7 Å². The van der Waals surface area contributed by atoms with E-state index in [1.54, 1.807) is 17.6 Å². The van der Waals surface area contributed by atoms with Crippen LogP contribution >= 0.6 is 0 Å². The molecule has 2 aromatic heterocycles. The molecule has 4 atom stereocenters. The van der Waals surface area contributed by atoms with Gasteiger partial charge in [-0.2, -0.15) is 0 Å². The standard InChI is InChI=1S/C53H49N7O12/c1-4-53(40-22-43-45-32(21-31-11-5-10-16-41(31)58-45)24-60(43)49(65)39(40)27-69-50(53)66)72-52(68)71-25-30-17-19-33(20-18-30)57-48(64)42(23-44(54)61)59-47(63)28(2)55-46(62)29(3)56-51(67)70-26-38-36-14-8-6-12-34(36)35-13-7-9-15-37(35)38/h5-22,28-29,38,42H,4,23-27H2,1-3H3,(H2,54,61)(H,55,62)(H,56,67)(H,57,64)(H,59,63)/t28-,29-,42-,53-/m0/s1. The molecule has 9 rings (SSSR count). The predicted octanol–water partition coefficient (Wildman–Crippen LogP) is 5.17. The number of amides is 5. The molecule has 3 aliphatic rings. The van der Waals surface area contributed by atoms with E-state index in [9.17, 15) is 38.4 Å². The van der Waals surface area contributed by atoms with Crippen molar-refractivity contribution in [2.45, 2.75) is 83.0 Å². The molecule has 0 saturated heterocycles. The molecule has 1 aliphatic carbocycles. The summed E-state index contributed by atoms with van der Waals surface area (Å²) in [6.07, 6.45) is -2.70. The predicted molar refractivity (Wildman–Crippen MR) is 260 cm³/mol. The molecule has 6 N–H and O–H groups in total. The van der Waals surface area contributed by atoms with Gasteiger partial charge in [-0.05, 0) is 78.4 Å². The lowest BCUT2D eigenvalue weighted by Gasteiger charge is -2.35. The first kappa shape index (κ1) is 48.2. The molecule has 5 amide bonds. The van der Waals surface area contributed by atoms with Gasteiger partial charge in [-0.1, -0.05) is 85.8 Å². The van der Waals surface area contributed by atoms with Crippen molar-refractivity contribution in [2.24, 2.45) is 5.73 Å². The minimum atomic E-state index is -1.99. The number of esters is 1. The van der Waals surface area contributed by atoms with Crippen LogP contribution in [0.5, 0.6) is 0 Å². The maximum absolute atomic E-state index is 13.9. The van der Waals surface area contributed by atoms with Crippen LogP contribution in [0.1, 0.15) is 72.9 Å². The van der Waals surface area contributed by atoms with Gasteiger partial charge in [0.1, 0.15) is 37.9 Å². The van der Waals surface area contributed by atoms with Crippen LogP contribution < -0.4 is 32.6 Å². The van der Waals surface area contributed by atoms with E-state index in [1.807, 2.05) is 78.9 Å². The number of ether oxygens (including phenoxy) is 4. The quantitative estimate of drug-likeness (QED) is 0.0657. The molecule has 0 fully saturated rings. The second-order valence-corrected chi connectivity index (χ2v) is 17.7. The number of alkyl carbamates (subject to hydrolysis) is 1. The number of carbonyl (C=O) groups is 7. The van der Waals surface area contributed by atoms with Gasteiger partial charge in [0, 0.05) is 28.1 Å². The second-order valence-electron chi connectivity index (χ2n) is 17.7. The molecule has 0 spiro atoms. The summed E-state index contributed by atoms with van der Waals surface area (Å²) in [5, 5.41) is 10.9. The molecule has 72 heavy (non-hydrogen) atoms. The lowest BCUT2D eigenvalue weighted by molar-refractivity contribution is -0.175. The summed E-state index contributed by atoms with van der Waals surface area (Å²) in [6, 6.07) is 29.1. The first-order valence-corrected chi connectivity index (χ1v) is 23.2. The second kappa shape index (κ2) is 19.9. The SMILES string of the molecule is CC[C@@]1(OC(=O)OCc2ccc(NC(=O)[C@H](CC(N)=O)NC(=O)[C@H](C)NC(=O)[C@H](C)NC(=O)OCC3c4ccccc4-c4ccccc43)cc2)C(=O)OCc2c1cc1n(c2=O)Cc2cc3ccccc3nc2-1. The average Bonchev–Trinajstić information content (AvgIpc) is 3.90. The number of rotatable bonds is 15. The van der Waals surface area contributed by atoms with Gasteiger partial charge >= 0.3 is 18.2 Å². The van der Waals surface area contributed by atoms with E-state index < -0.39 is 77.6 Å². The molecule has 0 saturated carbocycles. The summed E-state index contributed by atoms with van der Waals surface area (Å²) in [4.78, 5) is 110. The fourth-order valence-corrected chi connectivity index (χ4v) is 9.30. The smallest absolute Gasteiger partial charge is 0.457 e. The number of nitrogens with one attached hydrogen (secondary N) is 4. The molecule has 4 heterocycles. The summed E-state index contributed by atoms with van der Waals surface area (Å²) in [7, 11) is 0. The number of anilines is 1. The lowest BCUT2D eigenvalue weighted by atomic mass is 9.85. The van der Waals surface area contributed by atoms with Crippen molar-refractivity contribution in [3.05, 3.63) is 153 Å². The van der Waals surface area contributed by atoms with Gasteiger partial charge in [0.2, 0.25) is 29.2 Å². The third kappa shape index (κ3) is 9.43. The topological polar surface area (TPSA) is 265 Å². The fraction of sp³-hybridized carbons (Fsp3) is 0.264. The van der Waals surface area contributed by atoms with Gasteiger partial charge in [0.05, 0.1) is 35.4 Å². The number of nitrogens with two attached hydrogens (primary N) is 1. The summed E-state index contributed by atoms with van der Waals surface area (Å²) in [5.74, 6) is -4.29. The zero-order valence-electron chi connectivity index (χ0n) is 39.3. The molecule has 0 bridgehead atoms. The summed E-state index contributed by atoms with van der Waals surface area (Å²) in [6.45, 7) is 4.07. The Morgan fingerprint density at radius 3 is 2.15 bits per heavy atom. The van der Waals surface area contributed by atoms with Crippen LogP contribution in [0.25, 0.3) is 33.4 Å². The Morgan fingerprint density at radius 2 is 1.46 bits per heavy atom. The number of fused-ring (bicyclic) bond motifs is 8. The molecule has 6 aromatic rings. The first-order valence-electron chi connectivity index (χ1n) is 23.2. The Balaban J connectivity index is 0.768. The van der Waals surface area contributed by atoms with Gasteiger partial charge in [-0.3, -0.25) is 24.0 Å². The third-order valence-electron chi connectivity index (χ3n) is 13.1. The van der Waals surface area contributed by atoms with Crippen LogP contribution in [-0.4, -0.2) is 76.1 Å². The van der Waals surface area contributed by atoms with Crippen LogP contribution in [0.2, 0.25) is 0 Å². The number of cyclic esters (lactones) is 1. The normalized spacial score (nSPS) is 16.2. The van der Waals surface area contributed by atoms with E-state index in [0.29, 0.717) is 17.0 Å². The molecule has 4 aromatic carbocycles. The molecule has 2 aliphatic heterocycles. The molecular weight excluding hydrogens is 927 g/mol. The summed E-state index contributed by atoms with van der Waals surface area (Å²) >= 11 is 0. The maximum atomic E-state index is 13.9. The van der Waals surface area contributed by atoms with E-state index >= 15 is 0 Å². The summed E-state index contributed by atoms with van der Waals surface area (Å²) < 4.78 is 23.7. The van der Waals surface area contributed by atoms with Crippen LogP contribution in [0, 0.1) is 0 Å². The van der Waals surface area contributed by atoms with Gasteiger partial charge < -0.3 is 50.5 Å². The van der Waals surface area contributed by atoms with Crippen LogP contribution in [0.4, 0.5) is 15.3 Å². The minimum Gasteiger partial charge on any atom is -0.457 e. The number of benzene rings is 4. The van der Waals surface area contributed by atoms with Crippen molar-refractivity contribution in [3.8, 4) is 22.5 Å². The van der Waals surface area contributed by atoms with Crippen LogP contribution in [0.3, 0.4) is 0 Å². The fourth-order valence-electron chi connectivity index (χ4n) is 9.30. The zero-order chi connectivity index (χ0) is 50.8. The van der Waals surface area contributed by atoms with E-state index in [4.69, 9.17) is 29.7 Å². The molecule has 19 heteroatoms. The number of carbonyl (C=O) groups excluding carboxylic acids is 7. The number of primary amides is 1. The van der Waals surface area contributed by atoms with E-state index in [1.165, 1.54) is 38.1 Å². The number of pyridine rings is 2. The Labute approximate surface area is 411 Å². The number of aromatic nitrogens is 2. The summed E-state index contributed by atoms with van der Waals surface area (Å²) in [5.41, 5.74) is 10.9. The molecule has 0 unspecified atom stereocenters. The van der Waals surface area contributed by atoms with Crippen molar-refractivity contribution >= 4 is 58.4 Å². The molecule has 19 nitrogen and oxygen atoms in total. The van der Waals surface area contributed by atoms with Crippen molar-refractivity contribution in [1.82, 2.24) is 25.5 Å². The van der Waals surface area contributed by atoms with Crippen molar-refractivity contribution < 1.29 is 52.5 Å². The van der Waals surface area contributed by atoms with Crippen molar-refractivity contribution in [2.75, 3.05) is 11.9 Å². The highest BCUT2D eigenvalue weighted by atomic mass is 16.7. The van der Waals surface area contributed by atoms with Gasteiger partial charge in [-0.15, -0.1) is 0 Å². The van der Waals surface area contributed by atoms with Crippen molar-refractivity contribution in [3.63, 3.8) is 0 Å². The Kier molecular flexibility index (Phi) is 13.3. The number of nitrogens with zero attached hydrogens (tertiary/aromatic N) is 2. The molecule has 0 radical (unpaired) electrons. The largest absolute Gasteiger partial charge is 0.510 e.